The summed E-state index contributed by atoms with van der Waals surface area (Å²) in [6, 6.07) is 7.85. The topological polar surface area (TPSA) is 38.3 Å². The van der Waals surface area contributed by atoms with Crippen LogP contribution >= 0.6 is 11.6 Å². The van der Waals surface area contributed by atoms with Crippen LogP contribution in [0.15, 0.2) is 24.3 Å². The van der Waals surface area contributed by atoms with Gasteiger partial charge in [-0.15, -0.1) is 11.6 Å². The maximum Gasteiger partial charge on any atom is 0.223 e. The van der Waals surface area contributed by atoms with Gasteiger partial charge >= 0.3 is 0 Å². The van der Waals surface area contributed by atoms with Gasteiger partial charge in [0.2, 0.25) is 5.91 Å². The molecule has 0 aromatic heterocycles. The van der Waals surface area contributed by atoms with Crippen LogP contribution in [0.2, 0.25) is 0 Å². The first-order valence-corrected chi connectivity index (χ1v) is 8.23. The molecule has 0 heterocycles. The Kier molecular flexibility index (Phi) is 5.92. The highest BCUT2D eigenvalue weighted by atomic mass is 35.5. The Morgan fingerprint density at radius 2 is 2.10 bits per heavy atom. The number of benzene rings is 1. The number of ether oxygens (including phenoxy) is 1. The lowest BCUT2D eigenvalue weighted by atomic mass is 9.83. The van der Waals surface area contributed by atoms with E-state index in [-0.39, 0.29) is 11.4 Å². The summed E-state index contributed by atoms with van der Waals surface area (Å²) < 4.78 is 5.62. The van der Waals surface area contributed by atoms with E-state index in [9.17, 15) is 4.79 Å². The molecule has 116 valence electrons. The summed E-state index contributed by atoms with van der Waals surface area (Å²) in [6.07, 6.45) is 5.87. The van der Waals surface area contributed by atoms with E-state index in [1.807, 2.05) is 31.2 Å². The van der Waals surface area contributed by atoms with Crippen molar-refractivity contribution in [3.63, 3.8) is 0 Å². The predicted octanol–water partition coefficient (Wildman–Crippen LogP) is 3.82. The first-order chi connectivity index (χ1) is 10.1. The lowest BCUT2D eigenvalue weighted by Crippen LogP contribution is -2.51. The molecule has 1 aliphatic rings. The summed E-state index contributed by atoms with van der Waals surface area (Å²) >= 11 is 6.08. The molecule has 0 aliphatic heterocycles. The number of hydrogen-bond acceptors (Lipinski definition) is 2. The van der Waals surface area contributed by atoms with Gasteiger partial charge in [0.05, 0.1) is 18.6 Å². The molecule has 1 N–H and O–H groups in total. The average molecular weight is 310 g/mol. The maximum atomic E-state index is 12.1. The molecular weight excluding hydrogens is 286 g/mol. The van der Waals surface area contributed by atoms with Crippen LogP contribution in [-0.4, -0.2) is 23.9 Å². The van der Waals surface area contributed by atoms with Crippen LogP contribution in [0.3, 0.4) is 0 Å². The fourth-order valence-corrected chi connectivity index (χ4v) is 3.18. The van der Waals surface area contributed by atoms with Crippen molar-refractivity contribution in [3.05, 3.63) is 29.8 Å². The number of hydrogen-bond donors (Lipinski definition) is 1. The number of halogens is 1. The molecule has 21 heavy (non-hydrogen) atoms. The second-order valence-electron chi connectivity index (χ2n) is 5.94. The predicted molar refractivity (Wildman–Crippen MR) is 86.0 cm³/mol. The van der Waals surface area contributed by atoms with Gasteiger partial charge in [0.1, 0.15) is 5.75 Å². The van der Waals surface area contributed by atoms with E-state index >= 15 is 0 Å². The number of amides is 1. The van der Waals surface area contributed by atoms with Gasteiger partial charge in [-0.1, -0.05) is 31.4 Å². The molecule has 0 unspecified atom stereocenters. The molecule has 4 heteroatoms. The molecule has 0 saturated heterocycles. The largest absolute Gasteiger partial charge is 0.493 e. The minimum Gasteiger partial charge on any atom is -0.493 e. The Hall–Kier alpha value is -1.22. The molecule has 2 rings (SSSR count). The number of carbonyl (C=O) groups excluding carboxylic acids is 1. The Morgan fingerprint density at radius 3 is 2.76 bits per heavy atom. The molecule has 1 aliphatic carbocycles. The molecule has 1 saturated carbocycles. The monoisotopic (exact) mass is 309 g/mol. The van der Waals surface area contributed by atoms with E-state index < -0.39 is 0 Å². The minimum absolute atomic E-state index is 0.0326. The minimum atomic E-state index is -0.194. The second-order valence-corrected chi connectivity index (χ2v) is 6.21. The average Bonchev–Trinajstić information content (AvgIpc) is 2.48. The lowest BCUT2D eigenvalue weighted by Gasteiger charge is -2.36. The molecule has 0 spiro atoms. The van der Waals surface area contributed by atoms with Gasteiger partial charge < -0.3 is 10.1 Å². The quantitative estimate of drug-likeness (QED) is 0.811. The Bertz CT molecular complexity index is 470. The third-order valence-corrected chi connectivity index (χ3v) is 4.57. The van der Waals surface area contributed by atoms with E-state index in [1.165, 1.54) is 6.42 Å². The zero-order valence-corrected chi connectivity index (χ0v) is 13.4. The number of nitrogens with one attached hydrogen (secondary N) is 1. The van der Waals surface area contributed by atoms with E-state index in [4.69, 9.17) is 16.3 Å². The summed E-state index contributed by atoms with van der Waals surface area (Å²) in [6.45, 7) is 2.42. The van der Waals surface area contributed by atoms with Crippen molar-refractivity contribution >= 4 is 17.5 Å². The van der Waals surface area contributed by atoms with Crippen molar-refractivity contribution in [2.24, 2.45) is 0 Å². The molecule has 0 radical (unpaired) electrons. The summed E-state index contributed by atoms with van der Waals surface area (Å²) in [4.78, 5) is 12.1. The molecule has 0 bridgehead atoms. The van der Waals surface area contributed by atoms with Gasteiger partial charge in [0.15, 0.2) is 0 Å². The van der Waals surface area contributed by atoms with Crippen LogP contribution in [-0.2, 0) is 4.79 Å². The van der Waals surface area contributed by atoms with E-state index in [0.717, 1.165) is 37.0 Å². The standard InChI is InChI=1S/C17H24ClNO2/c1-14-6-5-7-15(12-14)21-11-8-16(20)19-17(13-18)9-3-2-4-10-17/h5-7,12H,2-4,8-11,13H2,1H3,(H,19,20). The molecule has 1 fully saturated rings. The van der Waals surface area contributed by atoms with Crippen LogP contribution in [0.25, 0.3) is 0 Å². The first-order valence-electron chi connectivity index (χ1n) is 7.70. The van der Waals surface area contributed by atoms with Crippen LogP contribution in [0.5, 0.6) is 5.75 Å². The van der Waals surface area contributed by atoms with Gasteiger partial charge in [-0.2, -0.15) is 0 Å². The molecule has 1 amide bonds. The third-order valence-electron chi connectivity index (χ3n) is 4.06. The molecule has 0 atom stereocenters. The zero-order chi connectivity index (χ0) is 15.1. The smallest absolute Gasteiger partial charge is 0.223 e. The molecule has 1 aromatic rings. The highest BCUT2D eigenvalue weighted by molar-refractivity contribution is 6.18. The van der Waals surface area contributed by atoms with E-state index in [1.54, 1.807) is 0 Å². The van der Waals surface area contributed by atoms with Gasteiger partial charge in [0.25, 0.3) is 0 Å². The fourth-order valence-electron chi connectivity index (χ4n) is 2.85. The van der Waals surface area contributed by atoms with Crippen molar-refractivity contribution in [3.8, 4) is 5.75 Å². The molecular formula is C17H24ClNO2. The third kappa shape index (κ3) is 4.92. The maximum absolute atomic E-state index is 12.1. The lowest BCUT2D eigenvalue weighted by molar-refractivity contribution is -0.123. The highest BCUT2D eigenvalue weighted by Crippen LogP contribution is 2.29. The number of carbonyl (C=O) groups is 1. The summed E-state index contributed by atoms with van der Waals surface area (Å²) in [7, 11) is 0. The highest BCUT2D eigenvalue weighted by Gasteiger charge is 2.32. The normalized spacial score (nSPS) is 17.2. The second kappa shape index (κ2) is 7.69. The molecule has 1 aromatic carbocycles. The van der Waals surface area contributed by atoms with Gasteiger partial charge in [-0.25, -0.2) is 0 Å². The van der Waals surface area contributed by atoms with Gasteiger partial charge in [-0.3, -0.25) is 4.79 Å². The SMILES string of the molecule is Cc1cccc(OCCC(=O)NC2(CCl)CCCCC2)c1. The van der Waals surface area contributed by atoms with Crippen LogP contribution < -0.4 is 10.1 Å². The Labute approximate surface area is 132 Å². The van der Waals surface area contributed by atoms with Crippen molar-refractivity contribution in [1.82, 2.24) is 5.32 Å². The summed E-state index contributed by atoms with van der Waals surface area (Å²) in [5.74, 6) is 1.34. The van der Waals surface area contributed by atoms with Gasteiger partial charge in [0, 0.05) is 5.88 Å². The van der Waals surface area contributed by atoms with E-state index in [0.29, 0.717) is 18.9 Å². The van der Waals surface area contributed by atoms with Crippen LogP contribution in [0, 0.1) is 6.92 Å². The van der Waals surface area contributed by atoms with Crippen LogP contribution in [0.1, 0.15) is 44.1 Å². The van der Waals surface area contributed by atoms with E-state index in [2.05, 4.69) is 5.32 Å². The fraction of sp³-hybridized carbons (Fsp3) is 0.588. The number of rotatable bonds is 6. The summed E-state index contributed by atoms with van der Waals surface area (Å²) in [5.41, 5.74) is 0.959. The van der Waals surface area contributed by atoms with Gasteiger partial charge in [-0.05, 0) is 37.5 Å². The summed E-state index contributed by atoms with van der Waals surface area (Å²) in [5, 5.41) is 3.13. The number of alkyl halides is 1. The molecule has 3 nitrogen and oxygen atoms in total. The van der Waals surface area contributed by atoms with Crippen molar-refractivity contribution in [2.75, 3.05) is 12.5 Å². The van der Waals surface area contributed by atoms with Crippen molar-refractivity contribution in [2.45, 2.75) is 51.0 Å². The Morgan fingerprint density at radius 1 is 1.33 bits per heavy atom. The van der Waals surface area contributed by atoms with Crippen molar-refractivity contribution in [1.29, 1.82) is 0 Å². The first kappa shape index (κ1) is 16.2. The Balaban J connectivity index is 1.76. The van der Waals surface area contributed by atoms with Crippen LogP contribution in [0.4, 0.5) is 0 Å². The van der Waals surface area contributed by atoms with Crippen molar-refractivity contribution < 1.29 is 9.53 Å². The number of aryl methyl sites for hydroxylation is 1. The zero-order valence-electron chi connectivity index (χ0n) is 12.7.